The Hall–Kier alpha value is -1.02. The van der Waals surface area contributed by atoms with Gasteiger partial charge in [0.2, 0.25) is 0 Å². The Morgan fingerprint density at radius 1 is 1.35 bits per heavy atom. The second-order valence-electron chi connectivity index (χ2n) is 4.23. The van der Waals surface area contributed by atoms with Gasteiger partial charge in [-0.15, -0.1) is 0 Å². The zero-order chi connectivity index (χ0) is 15.0. The summed E-state index contributed by atoms with van der Waals surface area (Å²) in [4.78, 5) is 4.06. The zero-order valence-electron chi connectivity index (χ0n) is 12.3. The first-order valence-electron chi connectivity index (χ1n) is 6.73. The lowest BCUT2D eigenvalue weighted by atomic mass is 10.3. The summed E-state index contributed by atoms with van der Waals surface area (Å²) < 4.78 is 31.4. The number of pyridine rings is 1. The third kappa shape index (κ3) is 4.52. The maximum atomic E-state index is 12.4. The van der Waals surface area contributed by atoms with Gasteiger partial charge in [0, 0.05) is 32.4 Å². The molecule has 7 heteroatoms. The Morgan fingerprint density at radius 3 is 2.60 bits per heavy atom. The van der Waals surface area contributed by atoms with Crippen LogP contribution < -0.4 is 5.32 Å². The zero-order valence-corrected chi connectivity index (χ0v) is 13.1. The van der Waals surface area contributed by atoms with Crippen LogP contribution in [-0.2, 0) is 21.3 Å². The molecule has 0 bridgehead atoms. The first kappa shape index (κ1) is 17.0. The molecule has 0 fully saturated rings. The van der Waals surface area contributed by atoms with Crippen molar-refractivity contribution >= 4 is 10.0 Å². The van der Waals surface area contributed by atoms with E-state index >= 15 is 0 Å². The molecule has 1 aromatic heterocycles. The number of rotatable bonds is 9. The Kier molecular flexibility index (Phi) is 7.08. The van der Waals surface area contributed by atoms with E-state index in [1.165, 1.54) is 4.31 Å². The van der Waals surface area contributed by atoms with Gasteiger partial charge in [-0.05, 0) is 25.6 Å². The number of likely N-dealkylation sites (N-methyl/N-ethyl adjacent to an activating group) is 1. The fourth-order valence-corrected chi connectivity index (χ4v) is 3.11. The van der Waals surface area contributed by atoms with Crippen molar-refractivity contribution in [2.45, 2.75) is 25.4 Å². The van der Waals surface area contributed by atoms with Crippen LogP contribution in [0.4, 0.5) is 0 Å². The topological polar surface area (TPSA) is 71.5 Å². The molecule has 0 aliphatic heterocycles. The fourth-order valence-electron chi connectivity index (χ4n) is 1.76. The minimum Gasteiger partial charge on any atom is -0.380 e. The largest absolute Gasteiger partial charge is 0.380 e. The van der Waals surface area contributed by atoms with Crippen LogP contribution in [0.25, 0.3) is 0 Å². The van der Waals surface area contributed by atoms with E-state index in [1.807, 2.05) is 14.0 Å². The molecule has 1 N–H and O–H groups in total. The molecule has 20 heavy (non-hydrogen) atoms. The highest BCUT2D eigenvalue weighted by Crippen LogP contribution is 2.13. The van der Waals surface area contributed by atoms with Crippen LogP contribution in [0.15, 0.2) is 23.4 Å². The molecular formula is C13H23N3O3S. The van der Waals surface area contributed by atoms with Crippen molar-refractivity contribution < 1.29 is 13.2 Å². The van der Waals surface area contributed by atoms with Gasteiger partial charge < -0.3 is 10.1 Å². The minimum atomic E-state index is -3.54. The molecule has 0 atom stereocenters. The molecule has 0 aliphatic carbocycles. The summed E-state index contributed by atoms with van der Waals surface area (Å²) >= 11 is 0. The van der Waals surface area contributed by atoms with Crippen molar-refractivity contribution in [1.29, 1.82) is 0 Å². The van der Waals surface area contributed by atoms with Gasteiger partial charge in [0.1, 0.15) is 0 Å². The van der Waals surface area contributed by atoms with Crippen LogP contribution in [-0.4, -0.2) is 51.1 Å². The number of nitrogens with zero attached hydrogens (tertiary/aromatic N) is 2. The van der Waals surface area contributed by atoms with Crippen LogP contribution in [0, 0.1) is 0 Å². The van der Waals surface area contributed by atoms with Gasteiger partial charge in [0.25, 0.3) is 10.0 Å². The minimum absolute atomic E-state index is 0.0794. The summed E-state index contributed by atoms with van der Waals surface area (Å²) in [6, 6.07) is 3.32. The summed E-state index contributed by atoms with van der Waals surface area (Å²) in [5.74, 6) is 0. The average molecular weight is 301 g/mol. The van der Waals surface area contributed by atoms with Crippen LogP contribution in [0.3, 0.4) is 0 Å². The smallest absolute Gasteiger partial charge is 0.260 e. The summed E-state index contributed by atoms with van der Waals surface area (Å²) in [5.41, 5.74) is 0.948. The number of aromatic nitrogens is 1. The third-order valence-corrected chi connectivity index (χ3v) is 4.72. The van der Waals surface area contributed by atoms with Gasteiger partial charge in [-0.2, -0.15) is 4.31 Å². The molecule has 114 valence electrons. The molecule has 6 nitrogen and oxygen atoms in total. The van der Waals surface area contributed by atoms with E-state index in [9.17, 15) is 8.42 Å². The Bertz CT molecular complexity index is 488. The normalized spacial score (nSPS) is 12.0. The maximum absolute atomic E-state index is 12.4. The predicted octanol–water partition coefficient (Wildman–Crippen LogP) is 0.848. The van der Waals surface area contributed by atoms with E-state index in [0.717, 1.165) is 5.56 Å². The maximum Gasteiger partial charge on any atom is 0.260 e. The number of hydrogen-bond donors (Lipinski definition) is 1. The van der Waals surface area contributed by atoms with E-state index in [4.69, 9.17) is 4.74 Å². The Balaban J connectivity index is 2.84. The molecule has 1 aromatic rings. The lowest BCUT2D eigenvalue weighted by Crippen LogP contribution is -2.34. The number of nitrogens with one attached hydrogen (secondary N) is 1. The monoisotopic (exact) mass is 301 g/mol. The third-order valence-electron chi connectivity index (χ3n) is 2.82. The van der Waals surface area contributed by atoms with Crippen molar-refractivity contribution in [1.82, 2.24) is 14.6 Å². The quantitative estimate of drug-likeness (QED) is 0.685. The highest BCUT2D eigenvalue weighted by molar-refractivity contribution is 7.89. The van der Waals surface area contributed by atoms with Gasteiger partial charge in [0.15, 0.2) is 5.03 Å². The predicted molar refractivity (Wildman–Crippen MR) is 77.9 cm³/mol. The average Bonchev–Trinajstić information content (AvgIpc) is 2.44. The Labute approximate surface area is 121 Å². The SMILES string of the molecule is CCOCCN(CC)S(=O)(=O)c1ccc(CNC)cn1. The number of hydrogen-bond acceptors (Lipinski definition) is 5. The lowest BCUT2D eigenvalue weighted by Gasteiger charge is -2.19. The van der Waals surface area contributed by atoms with Gasteiger partial charge in [-0.25, -0.2) is 13.4 Å². The summed E-state index contributed by atoms with van der Waals surface area (Å²) in [5, 5.41) is 3.07. The molecule has 1 heterocycles. The standard InChI is InChI=1S/C13H23N3O3S/c1-4-16(8-9-19-5-2)20(17,18)13-7-6-12(10-14-3)11-15-13/h6-7,11,14H,4-5,8-10H2,1-3H3. The fraction of sp³-hybridized carbons (Fsp3) is 0.615. The van der Waals surface area contributed by atoms with Gasteiger partial charge in [0.05, 0.1) is 6.61 Å². The van der Waals surface area contributed by atoms with E-state index in [1.54, 1.807) is 25.3 Å². The number of ether oxygens (including phenoxy) is 1. The Morgan fingerprint density at radius 2 is 2.10 bits per heavy atom. The first-order valence-corrected chi connectivity index (χ1v) is 8.17. The van der Waals surface area contributed by atoms with Crippen molar-refractivity contribution in [3.8, 4) is 0 Å². The van der Waals surface area contributed by atoms with Crippen LogP contribution in [0.2, 0.25) is 0 Å². The van der Waals surface area contributed by atoms with Crippen LogP contribution in [0.5, 0.6) is 0 Å². The van der Waals surface area contributed by atoms with E-state index in [0.29, 0.717) is 32.8 Å². The van der Waals surface area contributed by atoms with Gasteiger partial charge in [-0.3, -0.25) is 0 Å². The van der Waals surface area contributed by atoms with E-state index in [-0.39, 0.29) is 5.03 Å². The van der Waals surface area contributed by atoms with Gasteiger partial charge >= 0.3 is 0 Å². The van der Waals surface area contributed by atoms with E-state index < -0.39 is 10.0 Å². The van der Waals surface area contributed by atoms with Gasteiger partial charge in [-0.1, -0.05) is 13.0 Å². The highest BCUT2D eigenvalue weighted by atomic mass is 32.2. The molecule has 1 rings (SSSR count). The van der Waals surface area contributed by atoms with E-state index in [2.05, 4.69) is 10.3 Å². The summed E-state index contributed by atoms with van der Waals surface area (Å²) in [7, 11) is -1.71. The van der Waals surface area contributed by atoms with Crippen LogP contribution >= 0.6 is 0 Å². The molecule has 0 aliphatic rings. The molecule has 0 amide bonds. The van der Waals surface area contributed by atoms with Crippen molar-refractivity contribution in [2.75, 3.05) is 33.4 Å². The first-order chi connectivity index (χ1) is 9.56. The molecular weight excluding hydrogens is 278 g/mol. The molecule has 0 aromatic carbocycles. The summed E-state index contributed by atoms with van der Waals surface area (Å²) in [6.07, 6.45) is 1.58. The molecule has 0 saturated carbocycles. The second kappa shape index (κ2) is 8.31. The molecule has 0 spiro atoms. The molecule has 0 unspecified atom stereocenters. The lowest BCUT2D eigenvalue weighted by molar-refractivity contribution is 0.135. The van der Waals surface area contributed by atoms with Crippen molar-refractivity contribution in [3.05, 3.63) is 23.9 Å². The van der Waals surface area contributed by atoms with Crippen molar-refractivity contribution in [2.24, 2.45) is 0 Å². The van der Waals surface area contributed by atoms with Crippen LogP contribution in [0.1, 0.15) is 19.4 Å². The molecule has 0 saturated heterocycles. The summed E-state index contributed by atoms with van der Waals surface area (Å²) in [6.45, 7) is 6.05. The highest BCUT2D eigenvalue weighted by Gasteiger charge is 2.23. The number of sulfonamides is 1. The molecule has 0 radical (unpaired) electrons. The van der Waals surface area contributed by atoms with Crippen molar-refractivity contribution in [3.63, 3.8) is 0 Å². The second-order valence-corrected chi connectivity index (χ2v) is 6.11.